The molecule has 1 aromatic heterocycles. The molecule has 0 fully saturated rings. The van der Waals surface area contributed by atoms with Crippen molar-refractivity contribution in [3.63, 3.8) is 0 Å². The molecule has 1 aliphatic rings. The maximum atomic E-state index is 15.4. The Bertz CT molecular complexity index is 1250. The Labute approximate surface area is 166 Å². The highest BCUT2D eigenvalue weighted by Gasteiger charge is 2.22. The minimum atomic E-state index is -0.357. The molecule has 3 nitrogen and oxygen atoms in total. The third-order valence-corrected chi connectivity index (χ3v) is 5.26. The average molecular weight is 385 g/mol. The molecule has 0 spiro atoms. The molecule has 3 aromatic carbocycles. The van der Waals surface area contributed by atoms with E-state index < -0.39 is 0 Å². The molecule has 4 aromatic rings. The van der Waals surface area contributed by atoms with Crippen LogP contribution in [-0.4, -0.2) is 16.7 Å². The number of hydrogen-bond acceptors (Lipinski definition) is 3. The van der Waals surface area contributed by atoms with Crippen LogP contribution in [0.3, 0.4) is 0 Å². The summed E-state index contributed by atoms with van der Waals surface area (Å²) in [7, 11) is 0. The van der Waals surface area contributed by atoms with Gasteiger partial charge in [-0.25, -0.2) is 8.78 Å². The highest BCUT2D eigenvalue weighted by atomic mass is 19.1. The third kappa shape index (κ3) is 3.09. The van der Waals surface area contributed by atoms with E-state index in [9.17, 15) is 0 Å². The molecule has 29 heavy (non-hydrogen) atoms. The lowest BCUT2D eigenvalue weighted by Crippen LogP contribution is -2.13. The lowest BCUT2D eigenvalue weighted by Gasteiger charge is -2.15. The first-order valence-electron chi connectivity index (χ1n) is 9.42. The molecule has 2 heterocycles. The van der Waals surface area contributed by atoms with Crippen LogP contribution in [0.25, 0.3) is 27.6 Å². The summed E-state index contributed by atoms with van der Waals surface area (Å²) < 4.78 is 30.4. The third-order valence-electron chi connectivity index (χ3n) is 5.26. The fourth-order valence-corrected chi connectivity index (χ4v) is 3.84. The first kappa shape index (κ1) is 17.6. The lowest BCUT2D eigenvalue weighted by atomic mass is 9.90. The van der Waals surface area contributed by atoms with Crippen molar-refractivity contribution in [2.24, 2.45) is 0 Å². The van der Waals surface area contributed by atoms with Crippen molar-refractivity contribution >= 4 is 16.3 Å². The maximum absolute atomic E-state index is 15.4. The average Bonchev–Trinajstić information content (AvgIpc) is 2.97. The van der Waals surface area contributed by atoms with Crippen LogP contribution in [0.5, 0.6) is 0 Å². The number of nitrogens with zero attached hydrogens (tertiary/aromatic N) is 2. The van der Waals surface area contributed by atoms with Gasteiger partial charge in [-0.05, 0) is 52.2 Å². The molecule has 0 aliphatic carbocycles. The Morgan fingerprint density at radius 2 is 1.62 bits per heavy atom. The van der Waals surface area contributed by atoms with Crippen molar-refractivity contribution in [3.05, 3.63) is 101 Å². The molecule has 142 valence electrons. The Morgan fingerprint density at radius 1 is 0.828 bits per heavy atom. The SMILES string of the molecule is Fc1cc2ccccc2cc1C1=CCNCc2c1ccc(-c1cccnn1)c2F. The fourth-order valence-electron chi connectivity index (χ4n) is 3.84. The van der Waals surface area contributed by atoms with Crippen LogP contribution in [-0.2, 0) is 6.54 Å². The van der Waals surface area contributed by atoms with Gasteiger partial charge in [0, 0.05) is 36.0 Å². The maximum Gasteiger partial charge on any atom is 0.137 e. The summed E-state index contributed by atoms with van der Waals surface area (Å²) in [5.41, 5.74) is 3.22. The lowest BCUT2D eigenvalue weighted by molar-refractivity contribution is 0.599. The van der Waals surface area contributed by atoms with E-state index in [0.29, 0.717) is 46.6 Å². The molecular formula is C24H17F2N3. The molecule has 0 amide bonds. The minimum absolute atomic E-state index is 0.318. The van der Waals surface area contributed by atoms with E-state index in [1.54, 1.807) is 24.4 Å². The molecule has 0 atom stereocenters. The number of aromatic nitrogens is 2. The van der Waals surface area contributed by atoms with Gasteiger partial charge in [-0.15, -0.1) is 0 Å². The van der Waals surface area contributed by atoms with Gasteiger partial charge in [-0.2, -0.15) is 10.2 Å². The standard InChI is InChI=1S/C24H17F2N3/c25-22-13-16-5-2-1-4-15(16)12-20(22)18-9-11-27-14-21-17(18)7-8-19(24(21)26)23-6-3-10-28-29-23/h1-10,12-13,27H,11,14H2. The summed E-state index contributed by atoms with van der Waals surface area (Å²) in [6.07, 6.45) is 3.47. The highest BCUT2D eigenvalue weighted by molar-refractivity contribution is 5.91. The van der Waals surface area contributed by atoms with Gasteiger partial charge in [0.1, 0.15) is 11.6 Å². The Kier molecular flexibility index (Phi) is 4.37. The second-order valence-corrected chi connectivity index (χ2v) is 6.99. The number of benzene rings is 3. The first-order valence-corrected chi connectivity index (χ1v) is 9.42. The van der Waals surface area contributed by atoms with Gasteiger partial charge in [-0.3, -0.25) is 0 Å². The number of hydrogen-bond donors (Lipinski definition) is 1. The molecule has 5 rings (SSSR count). The van der Waals surface area contributed by atoms with Gasteiger partial charge in [-0.1, -0.05) is 36.4 Å². The van der Waals surface area contributed by atoms with Crippen molar-refractivity contribution in [2.75, 3.05) is 6.54 Å². The molecule has 0 saturated heterocycles. The quantitative estimate of drug-likeness (QED) is 0.521. The van der Waals surface area contributed by atoms with Gasteiger partial charge in [0.05, 0.1) is 5.69 Å². The molecule has 0 saturated carbocycles. The summed E-state index contributed by atoms with van der Waals surface area (Å²) in [5, 5.41) is 12.9. The zero-order valence-corrected chi connectivity index (χ0v) is 15.5. The predicted molar refractivity (Wildman–Crippen MR) is 110 cm³/mol. The predicted octanol–water partition coefficient (Wildman–Crippen LogP) is 5.11. The highest BCUT2D eigenvalue weighted by Crippen LogP contribution is 2.35. The van der Waals surface area contributed by atoms with Crippen LogP contribution in [0, 0.1) is 11.6 Å². The summed E-state index contributed by atoms with van der Waals surface area (Å²) in [5.74, 6) is -0.675. The van der Waals surface area contributed by atoms with Gasteiger partial charge >= 0.3 is 0 Å². The summed E-state index contributed by atoms with van der Waals surface area (Å²) >= 11 is 0. The van der Waals surface area contributed by atoms with Crippen molar-refractivity contribution < 1.29 is 8.78 Å². The van der Waals surface area contributed by atoms with Crippen molar-refractivity contribution in [1.29, 1.82) is 0 Å². The molecular weight excluding hydrogens is 368 g/mol. The van der Waals surface area contributed by atoms with E-state index in [4.69, 9.17) is 0 Å². The molecule has 1 N–H and O–H groups in total. The van der Waals surface area contributed by atoms with Crippen LogP contribution in [0.2, 0.25) is 0 Å². The van der Waals surface area contributed by atoms with Crippen LogP contribution in [0.15, 0.2) is 72.9 Å². The van der Waals surface area contributed by atoms with Gasteiger partial charge in [0.25, 0.3) is 0 Å². The first-order chi connectivity index (χ1) is 14.2. The number of rotatable bonds is 2. The summed E-state index contributed by atoms with van der Waals surface area (Å²) in [4.78, 5) is 0. The Balaban J connectivity index is 1.69. The zero-order valence-electron chi connectivity index (χ0n) is 15.5. The number of nitrogens with one attached hydrogen (secondary N) is 1. The van der Waals surface area contributed by atoms with Crippen LogP contribution >= 0.6 is 0 Å². The van der Waals surface area contributed by atoms with Crippen molar-refractivity contribution in [2.45, 2.75) is 6.54 Å². The second kappa shape index (κ2) is 7.18. The van der Waals surface area contributed by atoms with E-state index in [1.165, 1.54) is 6.07 Å². The largest absolute Gasteiger partial charge is 0.309 e. The number of fused-ring (bicyclic) bond motifs is 2. The van der Waals surface area contributed by atoms with Gasteiger partial charge in [0.2, 0.25) is 0 Å². The second-order valence-electron chi connectivity index (χ2n) is 6.99. The van der Waals surface area contributed by atoms with E-state index in [-0.39, 0.29) is 11.6 Å². The Hall–Kier alpha value is -3.44. The topological polar surface area (TPSA) is 37.8 Å². The van der Waals surface area contributed by atoms with Crippen molar-refractivity contribution in [1.82, 2.24) is 15.5 Å². The molecule has 5 heteroatoms. The normalized spacial score (nSPS) is 13.7. The van der Waals surface area contributed by atoms with Crippen LogP contribution < -0.4 is 5.32 Å². The minimum Gasteiger partial charge on any atom is -0.309 e. The summed E-state index contributed by atoms with van der Waals surface area (Å²) in [6.45, 7) is 0.876. The Morgan fingerprint density at radius 3 is 2.41 bits per heavy atom. The molecule has 1 aliphatic heterocycles. The zero-order chi connectivity index (χ0) is 19.8. The van der Waals surface area contributed by atoms with E-state index in [1.807, 2.05) is 42.5 Å². The fraction of sp³-hybridized carbons (Fsp3) is 0.0833. The molecule has 0 unspecified atom stereocenters. The molecule has 0 radical (unpaired) electrons. The van der Waals surface area contributed by atoms with Crippen LogP contribution in [0.4, 0.5) is 8.78 Å². The smallest absolute Gasteiger partial charge is 0.137 e. The van der Waals surface area contributed by atoms with E-state index in [2.05, 4.69) is 15.5 Å². The van der Waals surface area contributed by atoms with Crippen molar-refractivity contribution in [3.8, 4) is 11.3 Å². The molecule has 0 bridgehead atoms. The van der Waals surface area contributed by atoms with Gasteiger partial charge in [0.15, 0.2) is 0 Å². The monoisotopic (exact) mass is 385 g/mol. The van der Waals surface area contributed by atoms with Crippen LogP contribution in [0.1, 0.15) is 16.7 Å². The number of halogens is 2. The van der Waals surface area contributed by atoms with Gasteiger partial charge < -0.3 is 5.32 Å². The van der Waals surface area contributed by atoms with E-state index >= 15 is 8.78 Å². The van der Waals surface area contributed by atoms with E-state index in [0.717, 1.165) is 10.8 Å². The summed E-state index contributed by atoms with van der Waals surface area (Å²) in [6, 6.07) is 18.0.